The molecule has 3 heterocycles. The SMILES string of the molecule is Clc1ccc(-n2ncc3c(Cl)ncnc32)nn1. The molecule has 6 nitrogen and oxygen atoms in total. The van der Waals surface area contributed by atoms with Crippen molar-refractivity contribution >= 4 is 34.2 Å². The molecule has 0 unspecified atom stereocenters. The van der Waals surface area contributed by atoms with Gasteiger partial charge in [0, 0.05) is 0 Å². The molecule has 0 spiro atoms. The van der Waals surface area contributed by atoms with Crippen LogP contribution >= 0.6 is 23.2 Å². The number of rotatable bonds is 1. The Hall–Kier alpha value is -1.79. The third-order valence-electron chi connectivity index (χ3n) is 2.15. The fourth-order valence-electron chi connectivity index (χ4n) is 1.41. The van der Waals surface area contributed by atoms with Gasteiger partial charge in [-0.05, 0) is 12.1 Å². The van der Waals surface area contributed by atoms with E-state index < -0.39 is 0 Å². The van der Waals surface area contributed by atoms with E-state index in [1.165, 1.54) is 11.0 Å². The second kappa shape index (κ2) is 3.90. The molecule has 0 aliphatic carbocycles. The van der Waals surface area contributed by atoms with Gasteiger partial charge in [-0.15, -0.1) is 10.2 Å². The topological polar surface area (TPSA) is 69.4 Å². The highest BCUT2D eigenvalue weighted by Gasteiger charge is 2.10. The molecule has 3 rings (SSSR count). The van der Waals surface area contributed by atoms with Gasteiger partial charge in [-0.3, -0.25) is 0 Å². The number of hydrogen-bond donors (Lipinski definition) is 0. The smallest absolute Gasteiger partial charge is 0.178 e. The minimum absolute atomic E-state index is 0.317. The summed E-state index contributed by atoms with van der Waals surface area (Å²) in [5.74, 6) is 0.513. The van der Waals surface area contributed by atoms with Gasteiger partial charge < -0.3 is 0 Å². The molecular weight excluding hydrogens is 263 g/mol. The van der Waals surface area contributed by atoms with E-state index in [1.54, 1.807) is 18.3 Å². The minimum atomic E-state index is 0.317. The van der Waals surface area contributed by atoms with Gasteiger partial charge in [0.15, 0.2) is 16.6 Å². The zero-order valence-corrected chi connectivity index (χ0v) is 9.76. The predicted molar refractivity (Wildman–Crippen MR) is 62.3 cm³/mol. The van der Waals surface area contributed by atoms with Crippen LogP contribution < -0.4 is 0 Å². The molecule has 84 valence electrons. The molecule has 8 heteroatoms. The van der Waals surface area contributed by atoms with Crippen molar-refractivity contribution in [3.8, 4) is 5.82 Å². The molecule has 0 bridgehead atoms. The first-order valence-corrected chi connectivity index (χ1v) is 5.35. The van der Waals surface area contributed by atoms with Gasteiger partial charge >= 0.3 is 0 Å². The van der Waals surface area contributed by atoms with Gasteiger partial charge in [-0.2, -0.15) is 9.78 Å². The van der Waals surface area contributed by atoms with Crippen molar-refractivity contribution < 1.29 is 0 Å². The highest BCUT2D eigenvalue weighted by molar-refractivity contribution is 6.33. The van der Waals surface area contributed by atoms with Gasteiger partial charge in [0.25, 0.3) is 0 Å². The molecule has 0 fully saturated rings. The van der Waals surface area contributed by atoms with Gasteiger partial charge in [0.2, 0.25) is 0 Å². The van der Waals surface area contributed by atoms with E-state index in [4.69, 9.17) is 23.2 Å². The summed E-state index contributed by atoms with van der Waals surface area (Å²) in [5.41, 5.74) is 0.571. The summed E-state index contributed by atoms with van der Waals surface area (Å²) < 4.78 is 1.52. The molecule has 3 aromatic rings. The van der Waals surface area contributed by atoms with E-state index in [0.29, 0.717) is 27.2 Å². The fourth-order valence-corrected chi connectivity index (χ4v) is 1.68. The van der Waals surface area contributed by atoms with Crippen molar-refractivity contribution in [1.29, 1.82) is 0 Å². The summed E-state index contributed by atoms with van der Waals surface area (Å²) in [6.07, 6.45) is 2.94. The van der Waals surface area contributed by atoms with Gasteiger partial charge in [0.1, 0.15) is 11.5 Å². The number of halogens is 2. The van der Waals surface area contributed by atoms with Crippen LogP contribution in [0.5, 0.6) is 0 Å². The largest absolute Gasteiger partial charge is 0.224 e. The summed E-state index contributed by atoms with van der Waals surface area (Å²) in [6, 6.07) is 3.32. The van der Waals surface area contributed by atoms with Crippen molar-refractivity contribution in [3.05, 3.63) is 35.0 Å². The minimum Gasteiger partial charge on any atom is -0.224 e. The molecule has 0 aliphatic rings. The van der Waals surface area contributed by atoms with Gasteiger partial charge in [0.05, 0.1) is 11.6 Å². The van der Waals surface area contributed by atoms with Crippen molar-refractivity contribution in [3.63, 3.8) is 0 Å². The molecule has 0 aliphatic heterocycles. The Morgan fingerprint density at radius 3 is 2.71 bits per heavy atom. The standard InChI is InChI=1S/C9H4Cl2N6/c10-6-1-2-7(16-15-6)17-9-5(3-14-17)8(11)12-4-13-9/h1-4H. The normalized spacial score (nSPS) is 10.9. The van der Waals surface area contributed by atoms with Crippen LogP contribution in [0.25, 0.3) is 16.9 Å². The quantitative estimate of drug-likeness (QED) is 0.630. The highest BCUT2D eigenvalue weighted by atomic mass is 35.5. The first-order chi connectivity index (χ1) is 8.25. The third kappa shape index (κ3) is 1.71. The summed E-state index contributed by atoms with van der Waals surface area (Å²) in [6.45, 7) is 0. The number of nitrogens with zero attached hydrogens (tertiary/aromatic N) is 6. The fraction of sp³-hybridized carbons (Fsp3) is 0. The Morgan fingerprint density at radius 2 is 1.94 bits per heavy atom. The van der Waals surface area contributed by atoms with Crippen molar-refractivity contribution in [2.45, 2.75) is 0 Å². The lowest BCUT2D eigenvalue weighted by Crippen LogP contribution is -2.01. The average molecular weight is 267 g/mol. The average Bonchev–Trinajstić information content (AvgIpc) is 2.75. The van der Waals surface area contributed by atoms with Crippen LogP contribution in [0, 0.1) is 0 Å². The van der Waals surface area contributed by atoms with Crippen molar-refractivity contribution in [2.75, 3.05) is 0 Å². The molecule has 0 saturated heterocycles. The van der Waals surface area contributed by atoms with E-state index in [9.17, 15) is 0 Å². The van der Waals surface area contributed by atoms with Crippen molar-refractivity contribution in [2.24, 2.45) is 0 Å². The van der Waals surface area contributed by atoms with Crippen LogP contribution in [0.2, 0.25) is 10.3 Å². The maximum Gasteiger partial charge on any atom is 0.178 e. The summed E-state index contributed by atoms with van der Waals surface area (Å²) in [7, 11) is 0. The Bertz CT molecular complexity index is 678. The molecule has 0 radical (unpaired) electrons. The van der Waals surface area contributed by atoms with Crippen LogP contribution in [0.3, 0.4) is 0 Å². The lowest BCUT2D eigenvalue weighted by Gasteiger charge is -2.00. The van der Waals surface area contributed by atoms with E-state index in [0.717, 1.165) is 0 Å². The predicted octanol–water partition coefficient (Wildman–Crippen LogP) is 1.91. The second-order valence-corrected chi connectivity index (χ2v) is 3.92. The van der Waals surface area contributed by atoms with Crippen LogP contribution in [0.4, 0.5) is 0 Å². The van der Waals surface area contributed by atoms with Crippen molar-refractivity contribution in [1.82, 2.24) is 29.9 Å². The molecule has 17 heavy (non-hydrogen) atoms. The van der Waals surface area contributed by atoms with E-state index in [-0.39, 0.29) is 0 Å². The Morgan fingerprint density at radius 1 is 1.06 bits per heavy atom. The maximum absolute atomic E-state index is 5.92. The monoisotopic (exact) mass is 266 g/mol. The Labute approximate surface area is 105 Å². The Kier molecular flexibility index (Phi) is 2.38. The first-order valence-electron chi connectivity index (χ1n) is 4.59. The summed E-state index contributed by atoms with van der Waals surface area (Å²) in [4.78, 5) is 7.98. The second-order valence-electron chi connectivity index (χ2n) is 3.17. The molecule has 0 N–H and O–H groups in total. The summed E-state index contributed by atoms with van der Waals surface area (Å²) >= 11 is 11.6. The zero-order chi connectivity index (χ0) is 11.8. The molecule has 3 aromatic heterocycles. The number of aromatic nitrogens is 6. The lowest BCUT2D eigenvalue weighted by atomic mass is 10.4. The molecule has 0 saturated carbocycles. The first kappa shape index (κ1) is 10.4. The maximum atomic E-state index is 5.92. The number of fused-ring (bicyclic) bond motifs is 1. The lowest BCUT2D eigenvalue weighted by molar-refractivity contribution is 0.827. The van der Waals surface area contributed by atoms with Gasteiger partial charge in [-0.25, -0.2) is 9.97 Å². The van der Waals surface area contributed by atoms with Crippen LogP contribution in [0.15, 0.2) is 24.7 Å². The Balaban J connectivity index is 2.24. The molecule has 0 aromatic carbocycles. The van der Waals surface area contributed by atoms with Crippen LogP contribution in [0.1, 0.15) is 0 Å². The van der Waals surface area contributed by atoms with E-state index in [1.807, 2.05) is 0 Å². The molecule has 0 amide bonds. The van der Waals surface area contributed by atoms with E-state index >= 15 is 0 Å². The van der Waals surface area contributed by atoms with Crippen LogP contribution in [-0.4, -0.2) is 29.9 Å². The number of hydrogen-bond acceptors (Lipinski definition) is 5. The summed E-state index contributed by atoms with van der Waals surface area (Å²) in [5, 5.41) is 13.1. The van der Waals surface area contributed by atoms with Gasteiger partial charge in [-0.1, -0.05) is 23.2 Å². The molecule has 0 atom stereocenters. The zero-order valence-electron chi connectivity index (χ0n) is 8.25. The highest BCUT2D eigenvalue weighted by Crippen LogP contribution is 2.20. The molecular formula is C9H4Cl2N6. The van der Waals surface area contributed by atoms with E-state index in [2.05, 4.69) is 25.3 Å². The third-order valence-corrected chi connectivity index (χ3v) is 2.65. The van der Waals surface area contributed by atoms with Crippen LogP contribution in [-0.2, 0) is 0 Å².